The van der Waals surface area contributed by atoms with E-state index in [1.807, 2.05) is 0 Å². The number of hydrogen-bond donors (Lipinski definition) is 0. The highest BCUT2D eigenvalue weighted by molar-refractivity contribution is 7.20. The van der Waals surface area contributed by atoms with Gasteiger partial charge in [-0.05, 0) is 85.5 Å². The molecule has 2 nitrogen and oxygen atoms in total. The third-order valence-electron chi connectivity index (χ3n) is 13.1. The van der Waals surface area contributed by atoms with Crippen molar-refractivity contribution in [1.82, 2.24) is 9.13 Å². The topological polar surface area (TPSA) is 9.86 Å². The number of nitrogens with zero attached hydrogens (tertiary/aromatic N) is 2. The van der Waals surface area contributed by atoms with Crippen LogP contribution in [0.5, 0.6) is 0 Å². The molecule has 0 amide bonds. The molecule has 0 N–H and O–H groups in total. The molecule has 0 aliphatic rings. The molecule has 0 bridgehead atoms. The van der Waals surface area contributed by atoms with Gasteiger partial charge in [-0.25, -0.2) is 0 Å². The van der Waals surface area contributed by atoms with E-state index in [4.69, 9.17) is 0 Å². The van der Waals surface area contributed by atoms with Crippen LogP contribution in [0.25, 0.3) is 77.2 Å². The second kappa shape index (κ2) is 15.2. The number of benzene rings is 10. The second-order valence-electron chi connectivity index (χ2n) is 16.5. The van der Waals surface area contributed by atoms with Gasteiger partial charge in [0.2, 0.25) is 0 Å². The first-order valence-electron chi connectivity index (χ1n) is 21.8. The summed E-state index contributed by atoms with van der Waals surface area (Å²) in [6, 6.07) is 94.2. The molecule has 0 aliphatic carbocycles. The largest absolute Gasteiger partial charge is 0.309 e. The maximum Gasteiger partial charge on any atom is 0.179 e. The lowest BCUT2D eigenvalue weighted by Gasteiger charge is -2.34. The smallest absolute Gasteiger partial charge is 0.179 e. The summed E-state index contributed by atoms with van der Waals surface area (Å²) in [6.07, 6.45) is 0. The van der Waals surface area contributed by atoms with Gasteiger partial charge in [-0.2, -0.15) is 0 Å². The van der Waals surface area contributed by atoms with Crippen molar-refractivity contribution in [2.24, 2.45) is 0 Å². The van der Waals surface area contributed by atoms with Crippen molar-refractivity contribution < 1.29 is 0 Å². The Balaban J connectivity index is 1.15. The minimum Gasteiger partial charge on any atom is -0.309 e. The number of fused-ring (bicyclic) bond motifs is 6. The van der Waals surface area contributed by atoms with E-state index in [0.29, 0.717) is 0 Å². The highest BCUT2D eigenvalue weighted by Gasteiger charge is 2.41. The number of rotatable bonds is 8. The quantitative estimate of drug-likeness (QED) is 0.107. The van der Waals surface area contributed by atoms with Gasteiger partial charge < -0.3 is 9.13 Å². The van der Waals surface area contributed by atoms with Crippen LogP contribution in [0.15, 0.2) is 255 Å². The molecular formula is C60H42N2Si. The SMILES string of the molecule is c1ccc(-c2ccc(-n3c4ccccc4c4c(-c5ccccc5)cc(-n5c6ccccc6c6cc([Si](c7ccccc7)(c7ccccc7)c7ccccc7)ccc65)cc43)cc2)cc1. The molecule has 0 atom stereocenters. The summed E-state index contributed by atoms with van der Waals surface area (Å²) in [5.41, 5.74) is 11.8. The molecule has 3 heteroatoms. The zero-order chi connectivity index (χ0) is 41.7. The molecule has 0 spiro atoms. The van der Waals surface area contributed by atoms with E-state index in [1.165, 1.54) is 86.6 Å². The van der Waals surface area contributed by atoms with Gasteiger partial charge in [-0.3, -0.25) is 0 Å². The van der Waals surface area contributed by atoms with Crippen molar-refractivity contribution in [2.45, 2.75) is 0 Å². The summed E-state index contributed by atoms with van der Waals surface area (Å²) in [6.45, 7) is 0. The third kappa shape index (κ3) is 5.93. The minimum absolute atomic E-state index is 1.13. The fourth-order valence-corrected chi connectivity index (χ4v) is 15.1. The predicted octanol–water partition coefficient (Wildman–Crippen LogP) is 12.6. The maximum atomic E-state index is 2.52. The first kappa shape index (κ1) is 36.8. The zero-order valence-electron chi connectivity index (χ0n) is 34.6. The highest BCUT2D eigenvalue weighted by atomic mass is 28.3. The lowest BCUT2D eigenvalue weighted by molar-refractivity contribution is 1.16. The molecule has 10 aromatic carbocycles. The van der Waals surface area contributed by atoms with E-state index in [9.17, 15) is 0 Å². The monoisotopic (exact) mass is 818 g/mol. The van der Waals surface area contributed by atoms with E-state index in [-0.39, 0.29) is 0 Å². The average molecular weight is 819 g/mol. The molecule has 0 unspecified atom stereocenters. The Morgan fingerprint density at radius 2 is 0.698 bits per heavy atom. The molecule has 0 saturated carbocycles. The van der Waals surface area contributed by atoms with Gasteiger partial charge >= 0.3 is 0 Å². The van der Waals surface area contributed by atoms with Crippen LogP contribution in [0.4, 0.5) is 0 Å². The first-order valence-corrected chi connectivity index (χ1v) is 23.8. The van der Waals surface area contributed by atoms with Crippen LogP contribution < -0.4 is 20.7 Å². The molecule has 12 rings (SSSR count). The van der Waals surface area contributed by atoms with Crippen LogP contribution in [0, 0.1) is 0 Å². The van der Waals surface area contributed by atoms with E-state index >= 15 is 0 Å². The Morgan fingerprint density at radius 1 is 0.254 bits per heavy atom. The van der Waals surface area contributed by atoms with Gasteiger partial charge in [0.1, 0.15) is 0 Å². The number of para-hydroxylation sites is 2. The Bertz CT molecular complexity index is 3480. The van der Waals surface area contributed by atoms with E-state index < -0.39 is 8.07 Å². The molecular weight excluding hydrogens is 777 g/mol. The van der Waals surface area contributed by atoms with E-state index in [0.717, 1.165) is 11.4 Å². The van der Waals surface area contributed by atoms with E-state index in [1.54, 1.807) is 0 Å². The lowest BCUT2D eigenvalue weighted by Crippen LogP contribution is -2.74. The molecule has 63 heavy (non-hydrogen) atoms. The Labute approximate surface area is 368 Å². The normalized spacial score (nSPS) is 11.8. The van der Waals surface area contributed by atoms with Crippen LogP contribution in [-0.4, -0.2) is 17.2 Å². The summed E-state index contributed by atoms with van der Waals surface area (Å²) in [7, 11) is -2.77. The van der Waals surface area contributed by atoms with E-state index in [2.05, 4.69) is 264 Å². The number of aromatic nitrogens is 2. The second-order valence-corrected chi connectivity index (χ2v) is 20.3. The van der Waals surface area contributed by atoms with Crippen molar-refractivity contribution in [3.8, 4) is 33.6 Å². The minimum atomic E-state index is -2.77. The summed E-state index contributed by atoms with van der Waals surface area (Å²) in [5.74, 6) is 0. The molecule has 2 heterocycles. The van der Waals surface area contributed by atoms with Gasteiger partial charge in [0.05, 0.1) is 22.1 Å². The van der Waals surface area contributed by atoms with Crippen LogP contribution in [0.3, 0.4) is 0 Å². The van der Waals surface area contributed by atoms with Crippen molar-refractivity contribution in [3.63, 3.8) is 0 Å². The van der Waals surface area contributed by atoms with Gasteiger partial charge in [-0.1, -0.05) is 212 Å². The number of hydrogen-bond acceptors (Lipinski definition) is 0. The Hall–Kier alpha value is -7.98. The zero-order valence-corrected chi connectivity index (χ0v) is 35.6. The fraction of sp³-hybridized carbons (Fsp3) is 0. The first-order chi connectivity index (χ1) is 31.3. The van der Waals surface area contributed by atoms with Crippen molar-refractivity contribution in [3.05, 3.63) is 255 Å². The Morgan fingerprint density at radius 3 is 1.29 bits per heavy atom. The van der Waals surface area contributed by atoms with Crippen LogP contribution in [0.2, 0.25) is 0 Å². The highest BCUT2D eigenvalue weighted by Crippen LogP contribution is 2.42. The maximum absolute atomic E-state index is 2.77. The van der Waals surface area contributed by atoms with Crippen molar-refractivity contribution >= 4 is 72.4 Å². The predicted molar refractivity (Wildman–Crippen MR) is 270 cm³/mol. The lowest BCUT2D eigenvalue weighted by atomic mass is 9.98. The molecule has 2 aromatic heterocycles. The van der Waals surface area contributed by atoms with Crippen molar-refractivity contribution in [1.29, 1.82) is 0 Å². The molecule has 296 valence electrons. The Kier molecular flexibility index (Phi) is 8.87. The molecule has 0 saturated heterocycles. The van der Waals surface area contributed by atoms with Crippen LogP contribution >= 0.6 is 0 Å². The van der Waals surface area contributed by atoms with Gasteiger partial charge in [0, 0.05) is 32.9 Å². The van der Waals surface area contributed by atoms with Crippen molar-refractivity contribution in [2.75, 3.05) is 0 Å². The summed E-state index contributed by atoms with van der Waals surface area (Å²) >= 11 is 0. The third-order valence-corrected chi connectivity index (χ3v) is 17.8. The summed E-state index contributed by atoms with van der Waals surface area (Å²) < 4.78 is 4.96. The standard InChI is InChI=1S/C60H42N2Si/c1-6-20-43(21-7-1)44-34-36-46(37-35-44)61-57-33-19-17-31-53(57)60-54(45-22-8-2-9-23-45)40-47(41-59(60)61)62-56-32-18-16-30-52(56)55-42-51(38-39-58(55)62)63(48-24-10-3-11-25-48,49-26-12-4-13-27-49)50-28-14-5-15-29-50/h1-42H. The van der Waals surface area contributed by atoms with Crippen LogP contribution in [-0.2, 0) is 0 Å². The van der Waals surface area contributed by atoms with Gasteiger partial charge in [-0.15, -0.1) is 0 Å². The molecule has 0 aliphatic heterocycles. The van der Waals surface area contributed by atoms with Gasteiger partial charge in [0.15, 0.2) is 8.07 Å². The molecule has 12 aromatic rings. The summed E-state index contributed by atoms with van der Waals surface area (Å²) in [5, 5.41) is 10.4. The molecule has 0 fully saturated rings. The van der Waals surface area contributed by atoms with Crippen LogP contribution in [0.1, 0.15) is 0 Å². The summed E-state index contributed by atoms with van der Waals surface area (Å²) in [4.78, 5) is 0. The fourth-order valence-electron chi connectivity index (χ4n) is 10.3. The average Bonchev–Trinajstić information content (AvgIpc) is 3.88. The molecule has 0 radical (unpaired) electrons. The van der Waals surface area contributed by atoms with Gasteiger partial charge in [0.25, 0.3) is 0 Å².